The molecular weight excluding hydrogens is 534 g/mol. The van der Waals surface area contributed by atoms with Gasteiger partial charge in [-0.25, -0.2) is 4.79 Å². The summed E-state index contributed by atoms with van der Waals surface area (Å²) in [5, 5.41) is 45.2. The van der Waals surface area contributed by atoms with Crippen molar-refractivity contribution in [3.8, 4) is 11.5 Å². The number of carboxylic acids is 2. The first-order chi connectivity index (χ1) is 17.4. The smallest absolute Gasteiger partial charge is 0.322 e. The van der Waals surface area contributed by atoms with E-state index < -0.39 is 60.7 Å². The fraction of sp³-hybridized carbons (Fsp3) is 0.400. The predicted molar refractivity (Wildman–Crippen MR) is 133 cm³/mol. The van der Waals surface area contributed by atoms with Crippen LogP contribution >= 0.6 is 21.6 Å². The second kappa shape index (κ2) is 16.1. The number of ketones is 1. The number of carbonyl (C=O) groups excluding carboxylic acids is 4. The molecule has 4 amide bonds. The molecular formula is C20H27N5O10S2. The molecule has 0 bridgehead atoms. The lowest BCUT2D eigenvalue weighted by atomic mass is 10.1. The Morgan fingerprint density at radius 1 is 0.946 bits per heavy atom. The van der Waals surface area contributed by atoms with E-state index in [9.17, 15) is 39.0 Å². The van der Waals surface area contributed by atoms with Crippen molar-refractivity contribution in [2.24, 2.45) is 5.73 Å². The van der Waals surface area contributed by atoms with Gasteiger partial charge in [-0.2, -0.15) is 0 Å². The first-order valence-corrected chi connectivity index (χ1v) is 13.0. The van der Waals surface area contributed by atoms with Crippen molar-refractivity contribution >= 4 is 57.2 Å². The standard InChI is InChI=1S/C20H27N5O10S2/c21-11(19(33)34)6-24-20(35)25-12(17(31)23-7-16(29)30)8-36-37-9-15(28)18(32)22-4-3-10-1-2-13(26)14(27)5-10/h1-2,5,11-12,26-27H,3-4,6-9,21H2,(H,22,32)(H,23,31)(H,29,30)(H,33,34)(H2,24,25,35)/t11-,12-/m0/s1. The molecule has 0 aromatic heterocycles. The Morgan fingerprint density at radius 3 is 2.27 bits per heavy atom. The van der Waals surface area contributed by atoms with Crippen LogP contribution in [0.2, 0.25) is 0 Å². The molecule has 0 spiro atoms. The summed E-state index contributed by atoms with van der Waals surface area (Å²) in [6, 6.07) is 0.629. The predicted octanol–water partition coefficient (Wildman–Crippen LogP) is -2.01. The minimum atomic E-state index is -1.37. The molecule has 10 N–H and O–H groups in total. The summed E-state index contributed by atoms with van der Waals surface area (Å²) in [4.78, 5) is 69.6. The lowest BCUT2D eigenvalue weighted by Crippen LogP contribution is -2.53. The number of carbonyl (C=O) groups is 6. The maximum atomic E-state index is 12.2. The van der Waals surface area contributed by atoms with Crippen molar-refractivity contribution in [3.63, 3.8) is 0 Å². The van der Waals surface area contributed by atoms with E-state index in [4.69, 9.17) is 15.9 Å². The van der Waals surface area contributed by atoms with Gasteiger partial charge in [-0.3, -0.25) is 24.0 Å². The number of aliphatic carboxylic acids is 2. The Hall–Kier alpha value is -3.70. The summed E-state index contributed by atoms with van der Waals surface area (Å²) >= 11 is 0. The molecule has 1 aromatic carbocycles. The number of hydrogen-bond acceptors (Lipinski definition) is 11. The van der Waals surface area contributed by atoms with Gasteiger partial charge in [-0.05, 0) is 24.1 Å². The number of amides is 4. The zero-order chi connectivity index (χ0) is 28.0. The lowest BCUT2D eigenvalue weighted by Gasteiger charge is -2.18. The molecule has 0 radical (unpaired) electrons. The number of phenols is 2. The van der Waals surface area contributed by atoms with Crippen LogP contribution in [0.3, 0.4) is 0 Å². The topological polar surface area (TPSA) is 257 Å². The Labute approximate surface area is 218 Å². The minimum Gasteiger partial charge on any atom is -0.504 e. The normalized spacial score (nSPS) is 12.0. The maximum Gasteiger partial charge on any atom is 0.322 e. The van der Waals surface area contributed by atoms with E-state index in [0.29, 0.717) is 12.0 Å². The molecule has 1 aromatic rings. The second-order valence-electron chi connectivity index (χ2n) is 7.26. The molecule has 15 nitrogen and oxygen atoms in total. The first-order valence-electron chi connectivity index (χ1n) is 10.5. The molecule has 204 valence electrons. The number of nitrogens with one attached hydrogen (secondary N) is 4. The summed E-state index contributed by atoms with van der Waals surface area (Å²) in [6.45, 7) is -1.03. The van der Waals surface area contributed by atoms with Gasteiger partial charge in [0.1, 0.15) is 18.6 Å². The monoisotopic (exact) mass is 561 g/mol. The van der Waals surface area contributed by atoms with Gasteiger partial charge in [0.15, 0.2) is 11.5 Å². The van der Waals surface area contributed by atoms with E-state index in [-0.39, 0.29) is 29.5 Å². The third-order valence-corrected chi connectivity index (χ3v) is 6.61. The van der Waals surface area contributed by atoms with E-state index in [0.717, 1.165) is 21.6 Å². The van der Waals surface area contributed by atoms with Crippen LogP contribution in [0.5, 0.6) is 11.5 Å². The number of Topliss-reactive ketones (excluding diaryl/α,β-unsaturated/α-hetero) is 1. The highest BCUT2D eigenvalue weighted by Crippen LogP contribution is 2.25. The SMILES string of the molecule is N[C@@H](CNC(=O)N[C@@H](CSSCC(=O)C(=O)NCCc1ccc(O)c(O)c1)C(=O)NCC(=O)O)C(=O)O. The van der Waals surface area contributed by atoms with Gasteiger partial charge in [0.25, 0.3) is 5.91 Å². The van der Waals surface area contributed by atoms with Gasteiger partial charge in [0.2, 0.25) is 11.7 Å². The highest BCUT2D eigenvalue weighted by atomic mass is 33.1. The second-order valence-corrected chi connectivity index (χ2v) is 9.77. The quantitative estimate of drug-likeness (QED) is 0.0458. The van der Waals surface area contributed by atoms with E-state index >= 15 is 0 Å². The Bertz CT molecular complexity index is 1010. The van der Waals surface area contributed by atoms with Gasteiger partial charge in [-0.1, -0.05) is 27.7 Å². The van der Waals surface area contributed by atoms with Gasteiger partial charge >= 0.3 is 18.0 Å². The summed E-state index contributed by atoms with van der Waals surface area (Å²) in [6.07, 6.45) is 0.299. The lowest BCUT2D eigenvalue weighted by molar-refractivity contribution is -0.138. The molecule has 0 heterocycles. The molecule has 17 heteroatoms. The zero-order valence-electron chi connectivity index (χ0n) is 19.3. The van der Waals surface area contributed by atoms with E-state index in [2.05, 4.69) is 21.3 Å². The summed E-state index contributed by atoms with van der Waals surface area (Å²) < 4.78 is 0. The van der Waals surface area contributed by atoms with Gasteiger partial charge < -0.3 is 47.4 Å². The molecule has 0 unspecified atom stereocenters. The van der Waals surface area contributed by atoms with E-state index in [1.165, 1.54) is 12.1 Å². The first kappa shape index (κ1) is 31.3. The van der Waals surface area contributed by atoms with Crippen molar-refractivity contribution in [2.75, 3.05) is 31.1 Å². The van der Waals surface area contributed by atoms with Crippen molar-refractivity contribution in [1.82, 2.24) is 21.3 Å². The number of rotatable bonds is 16. The number of nitrogens with two attached hydrogens (primary N) is 1. The third-order valence-electron chi connectivity index (χ3n) is 4.34. The Kier molecular flexibility index (Phi) is 13.7. The summed E-state index contributed by atoms with van der Waals surface area (Å²) in [7, 11) is 1.88. The molecule has 0 saturated heterocycles. The number of benzene rings is 1. The van der Waals surface area contributed by atoms with Crippen LogP contribution in [0.1, 0.15) is 5.56 Å². The largest absolute Gasteiger partial charge is 0.504 e. The average Bonchev–Trinajstić information content (AvgIpc) is 2.84. The van der Waals surface area contributed by atoms with Crippen LogP contribution in [0.4, 0.5) is 4.79 Å². The van der Waals surface area contributed by atoms with Gasteiger partial charge in [0, 0.05) is 18.8 Å². The third kappa shape index (κ3) is 12.7. The average molecular weight is 562 g/mol. The Morgan fingerprint density at radius 2 is 1.65 bits per heavy atom. The van der Waals surface area contributed by atoms with Crippen LogP contribution in [0.15, 0.2) is 18.2 Å². The van der Waals surface area contributed by atoms with Crippen molar-refractivity contribution in [2.45, 2.75) is 18.5 Å². The molecule has 0 fully saturated rings. The highest BCUT2D eigenvalue weighted by Gasteiger charge is 2.23. The Balaban J connectivity index is 2.47. The number of hydrogen-bond donors (Lipinski definition) is 9. The fourth-order valence-corrected chi connectivity index (χ4v) is 4.44. The number of carboxylic acid groups (broad SMARTS) is 2. The zero-order valence-corrected chi connectivity index (χ0v) is 20.9. The van der Waals surface area contributed by atoms with E-state index in [1.54, 1.807) is 6.07 Å². The van der Waals surface area contributed by atoms with E-state index in [1.807, 2.05) is 0 Å². The van der Waals surface area contributed by atoms with Crippen molar-refractivity contribution < 1.29 is 49.2 Å². The highest BCUT2D eigenvalue weighted by molar-refractivity contribution is 8.76. The number of aromatic hydroxyl groups is 2. The molecule has 0 aliphatic rings. The molecule has 0 saturated carbocycles. The molecule has 0 aliphatic heterocycles. The molecule has 0 aliphatic carbocycles. The van der Waals surface area contributed by atoms with Gasteiger partial charge in [-0.15, -0.1) is 0 Å². The van der Waals surface area contributed by atoms with Crippen LogP contribution in [0, 0.1) is 0 Å². The maximum absolute atomic E-state index is 12.2. The molecule has 2 atom stereocenters. The van der Waals surface area contributed by atoms with Gasteiger partial charge in [0.05, 0.1) is 5.75 Å². The summed E-state index contributed by atoms with van der Waals surface area (Å²) in [5.41, 5.74) is 5.91. The minimum absolute atomic E-state index is 0.100. The molecule has 1 rings (SSSR count). The summed E-state index contributed by atoms with van der Waals surface area (Å²) in [5.74, 6) is -6.08. The number of urea groups is 1. The van der Waals surface area contributed by atoms with Crippen LogP contribution in [0.25, 0.3) is 0 Å². The van der Waals surface area contributed by atoms with Crippen LogP contribution in [-0.2, 0) is 30.4 Å². The van der Waals surface area contributed by atoms with Crippen molar-refractivity contribution in [1.29, 1.82) is 0 Å². The fourth-order valence-electron chi connectivity index (χ4n) is 2.39. The molecule has 37 heavy (non-hydrogen) atoms. The van der Waals surface area contributed by atoms with Crippen LogP contribution < -0.4 is 27.0 Å². The van der Waals surface area contributed by atoms with Crippen molar-refractivity contribution in [3.05, 3.63) is 23.8 Å². The van der Waals surface area contributed by atoms with Crippen LogP contribution in [-0.4, -0.2) is 99.2 Å². The number of phenolic OH excluding ortho intramolecular Hbond substituents is 2.